The van der Waals surface area contributed by atoms with Crippen LogP contribution in [0.15, 0.2) is 43.4 Å². The molecule has 170 valence electrons. The van der Waals surface area contributed by atoms with E-state index < -0.39 is 0 Å². The Labute approximate surface area is 201 Å². The van der Waals surface area contributed by atoms with Crippen LogP contribution in [0.4, 0.5) is 5.82 Å². The second-order valence-electron chi connectivity index (χ2n) is 7.60. The zero-order chi connectivity index (χ0) is 23.9. The summed E-state index contributed by atoms with van der Waals surface area (Å²) in [5.41, 5.74) is 10.3. The zero-order valence-electron chi connectivity index (χ0n) is 18.4. The number of halogens is 2. The fourth-order valence-electron chi connectivity index (χ4n) is 3.91. The van der Waals surface area contributed by atoms with Crippen molar-refractivity contribution in [3.8, 4) is 16.9 Å². The number of nitrogens with two attached hydrogens (primary N) is 1. The van der Waals surface area contributed by atoms with Gasteiger partial charge in [0, 0.05) is 46.2 Å². The molecule has 33 heavy (non-hydrogen) atoms. The zero-order valence-corrected chi connectivity index (χ0v) is 19.9. The second-order valence-corrected chi connectivity index (χ2v) is 8.37. The molecule has 0 amide bonds. The van der Waals surface area contributed by atoms with Crippen LogP contribution in [-0.2, 0) is 0 Å². The van der Waals surface area contributed by atoms with E-state index in [1.165, 1.54) is 0 Å². The molecule has 1 aromatic carbocycles. The van der Waals surface area contributed by atoms with Crippen LogP contribution in [0, 0.1) is 6.92 Å². The quantitative estimate of drug-likeness (QED) is 0.323. The van der Waals surface area contributed by atoms with Gasteiger partial charge in [0.1, 0.15) is 28.5 Å². The molecule has 0 unspecified atom stereocenters. The summed E-state index contributed by atoms with van der Waals surface area (Å²) in [4.78, 5) is 13.0. The summed E-state index contributed by atoms with van der Waals surface area (Å²) in [6.45, 7) is 9.84. The summed E-state index contributed by atoms with van der Waals surface area (Å²) in [5, 5.41) is 10.5. The lowest BCUT2D eigenvalue weighted by molar-refractivity contribution is 0.336. The van der Waals surface area contributed by atoms with Gasteiger partial charge in [0.2, 0.25) is 0 Å². The lowest BCUT2D eigenvalue weighted by atomic mass is 9.91. The lowest BCUT2D eigenvalue weighted by Crippen LogP contribution is -2.08. The molecule has 1 atom stereocenters. The summed E-state index contributed by atoms with van der Waals surface area (Å²) < 4.78 is 8.00. The van der Waals surface area contributed by atoms with Gasteiger partial charge in [-0.25, -0.2) is 9.97 Å². The van der Waals surface area contributed by atoms with Crippen LogP contribution in [0.25, 0.3) is 22.4 Å². The van der Waals surface area contributed by atoms with Crippen LogP contribution in [0.3, 0.4) is 0 Å². The number of rotatable bonds is 6. The fraction of sp³-hybridized carbons (Fsp3) is 0.208. The molecule has 0 aliphatic heterocycles. The molecule has 0 saturated heterocycles. The van der Waals surface area contributed by atoms with E-state index in [4.69, 9.17) is 33.7 Å². The number of benzene rings is 1. The van der Waals surface area contributed by atoms with Crippen molar-refractivity contribution in [2.24, 2.45) is 0 Å². The van der Waals surface area contributed by atoms with Gasteiger partial charge < -0.3 is 15.6 Å². The van der Waals surface area contributed by atoms with Crippen LogP contribution in [-0.4, -0.2) is 31.1 Å². The summed E-state index contributed by atoms with van der Waals surface area (Å²) >= 11 is 13.1. The molecule has 4 aromatic rings. The molecule has 0 fully saturated rings. The number of anilines is 1. The van der Waals surface area contributed by atoms with Crippen LogP contribution >= 0.6 is 23.2 Å². The monoisotopic (exact) mass is 483 g/mol. The number of aliphatic hydroxyl groups excluding tert-OH is 1. The predicted molar refractivity (Wildman–Crippen MR) is 132 cm³/mol. The number of hydrogen-bond donors (Lipinski definition) is 2. The van der Waals surface area contributed by atoms with Gasteiger partial charge in [0.05, 0.1) is 6.61 Å². The Hall–Kier alpha value is -3.29. The van der Waals surface area contributed by atoms with Gasteiger partial charge in [-0.2, -0.15) is 0 Å². The molecule has 7 nitrogen and oxygen atoms in total. The fourth-order valence-corrected chi connectivity index (χ4v) is 4.40. The molecule has 3 heterocycles. The number of nitrogens with zero attached hydrogens (tertiary/aromatic N) is 4. The Bertz CT molecular complexity index is 1370. The number of pyridine rings is 1. The maximum absolute atomic E-state index is 9.64. The minimum atomic E-state index is -0.241. The highest BCUT2D eigenvalue weighted by Crippen LogP contribution is 2.44. The van der Waals surface area contributed by atoms with Gasteiger partial charge in [-0.3, -0.25) is 9.38 Å². The topological polar surface area (TPSA) is 98.6 Å². The first kappa shape index (κ1) is 22.9. The molecular formula is C24H23Cl2N5O2. The maximum atomic E-state index is 9.64. The van der Waals surface area contributed by atoms with Crippen molar-refractivity contribution in [1.82, 2.24) is 19.4 Å². The number of nitrogen functional groups attached to an aromatic ring is 1. The molecular weight excluding hydrogens is 461 g/mol. The van der Waals surface area contributed by atoms with Gasteiger partial charge >= 0.3 is 0 Å². The summed E-state index contributed by atoms with van der Waals surface area (Å²) in [5.74, 6) is 1.33. The summed E-state index contributed by atoms with van der Waals surface area (Å²) in [7, 11) is 0. The highest BCUT2D eigenvalue weighted by molar-refractivity contribution is 6.33. The molecule has 0 saturated carbocycles. The Morgan fingerprint density at radius 1 is 1.30 bits per heavy atom. The van der Waals surface area contributed by atoms with Crippen molar-refractivity contribution in [3.05, 3.63) is 76.2 Å². The normalized spacial score (nSPS) is 12.2. The van der Waals surface area contributed by atoms with Crippen LogP contribution in [0.1, 0.15) is 42.4 Å². The number of imidazole rings is 1. The van der Waals surface area contributed by atoms with E-state index in [2.05, 4.69) is 21.5 Å². The summed E-state index contributed by atoms with van der Waals surface area (Å²) in [6.07, 6.45) is 5.05. The molecule has 0 bridgehead atoms. The number of aromatic nitrogens is 4. The van der Waals surface area contributed by atoms with Crippen molar-refractivity contribution in [2.45, 2.75) is 26.7 Å². The standard InChI is InChI=1S/C24H23Cl2N5O2/c1-5-33-21-16(12(2)24-30-22(26)20-23(27)28-8-9-31(20)24)10-17(25)13(3)19(21)15-6-7-18(14(4)32)29-11-15/h6-12,32H,4-5H2,1-3H3,(H2,27,28)/t12-/m0/s1. The van der Waals surface area contributed by atoms with Crippen LogP contribution < -0.4 is 10.5 Å². The molecule has 3 N–H and O–H groups in total. The minimum absolute atomic E-state index is 0.0967. The van der Waals surface area contributed by atoms with E-state index >= 15 is 0 Å². The molecule has 3 aromatic heterocycles. The van der Waals surface area contributed by atoms with Crippen molar-refractivity contribution >= 4 is 40.3 Å². The highest BCUT2D eigenvalue weighted by Gasteiger charge is 2.26. The molecule has 9 heteroatoms. The van der Waals surface area contributed by atoms with Crippen molar-refractivity contribution in [1.29, 1.82) is 0 Å². The van der Waals surface area contributed by atoms with Gasteiger partial charge in [0.15, 0.2) is 11.0 Å². The molecule has 0 radical (unpaired) electrons. The maximum Gasteiger partial charge on any atom is 0.158 e. The van der Waals surface area contributed by atoms with Gasteiger partial charge in [0.25, 0.3) is 0 Å². The number of hydrogen-bond acceptors (Lipinski definition) is 6. The largest absolute Gasteiger partial charge is 0.506 e. The van der Waals surface area contributed by atoms with Crippen LogP contribution in [0.2, 0.25) is 10.2 Å². The SMILES string of the molecule is C=C(O)c1ccc(-c2c(C)c(Cl)cc([C@H](C)c3nc(Cl)c4c(N)nccn34)c2OCC)cn1. The Balaban J connectivity index is 1.94. The van der Waals surface area contributed by atoms with E-state index in [-0.39, 0.29) is 16.8 Å². The number of fused-ring (bicyclic) bond motifs is 1. The second kappa shape index (κ2) is 8.92. The van der Waals surface area contributed by atoms with E-state index in [1.807, 2.05) is 37.3 Å². The van der Waals surface area contributed by atoms with Crippen molar-refractivity contribution in [3.63, 3.8) is 0 Å². The van der Waals surface area contributed by atoms with E-state index in [0.29, 0.717) is 40.2 Å². The third-order valence-electron chi connectivity index (χ3n) is 5.56. The molecule has 0 aliphatic carbocycles. The van der Waals surface area contributed by atoms with Gasteiger partial charge in [-0.1, -0.05) is 42.8 Å². The van der Waals surface area contributed by atoms with E-state index in [9.17, 15) is 5.11 Å². The average molecular weight is 484 g/mol. The van der Waals surface area contributed by atoms with Gasteiger partial charge in [-0.15, -0.1) is 0 Å². The first-order valence-electron chi connectivity index (χ1n) is 10.3. The number of ether oxygens (including phenoxy) is 1. The lowest BCUT2D eigenvalue weighted by Gasteiger charge is -2.22. The van der Waals surface area contributed by atoms with Gasteiger partial charge in [-0.05, 0) is 31.5 Å². The highest BCUT2D eigenvalue weighted by atomic mass is 35.5. The average Bonchev–Trinajstić information content (AvgIpc) is 3.14. The molecule has 4 rings (SSSR count). The Morgan fingerprint density at radius 2 is 2.06 bits per heavy atom. The van der Waals surface area contributed by atoms with Crippen molar-refractivity contribution in [2.75, 3.05) is 12.3 Å². The Morgan fingerprint density at radius 3 is 2.70 bits per heavy atom. The third kappa shape index (κ3) is 3.98. The first-order chi connectivity index (χ1) is 15.7. The predicted octanol–water partition coefficient (Wildman–Crippen LogP) is 6.07. The van der Waals surface area contributed by atoms with Crippen LogP contribution in [0.5, 0.6) is 5.75 Å². The summed E-state index contributed by atoms with van der Waals surface area (Å²) in [6, 6.07) is 5.45. The van der Waals surface area contributed by atoms with E-state index in [1.54, 1.807) is 24.7 Å². The Kier molecular flexibility index (Phi) is 6.19. The van der Waals surface area contributed by atoms with Crippen molar-refractivity contribution < 1.29 is 9.84 Å². The molecule has 0 spiro atoms. The minimum Gasteiger partial charge on any atom is -0.506 e. The third-order valence-corrected chi connectivity index (χ3v) is 6.22. The molecule has 0 aliphatic rings. The first-order valence-corrected chi connectivity index (χ1v) is 11.1. The smallest absolute Gasteiger partial charge is 0.158 e. The van der Waals surface area contributed by atoms with E-state index in [0.717, 1.165) is 22.3 Å². The number of aliphatic hydroxyl groups is 1.